The van der Waals surface area contributed by atoms with Gasteiger partial charge in [-0.3, -0.25) is 9.48 Å². The molecule has 1 aliphatic carbocycles. The zero-order valence-corrected chi connectivity index (χ0v) is 15.9. The number of hydrogen-bond acceptors (Lipinski definition) is 4. The lowest BCUT2D eigenvalue weighted by molar-refractivity contribution is 0.101. The molecule has 0 aliphatic heterocycles. The molecular formula is C23H22N4O. The number of Topliss-reactive ketones (excluding diaryl/α,β-unsaturated/α-hetero) is 1. The van der Waals surface area contributed by atoms with E-state index in [0.717, 1.165) is 31.5 Å². The van der Waals surface area contributed by atoms with E-state index in [4.69, 9.17) is 0 Å². The maximum absolute atomic E-state index is 12.0. The van der Waals surface area contributed by atoms with Gasteiger partial charge in [-0.15, -0.1) is 0 Å². The molecule has 2 aromatic carbocycles. The Bertz CT molecular complexity index is 1050. The van der Waals surface area contributed by atoms with Gasteiger partial charge in [-0.1, -0.05) is 30.3 Å². The van der Waals surface area contributed by atoms with Crippen LogP contribution >= 0.6 is 0 Å². The SMILES string of the molecule is CC(=O)c1ccc(C#N)cc1NC1CCCc2c1cnn2Cc1ccccc1. The van der Waals surface area contributed by atoms with Crippen molar-refractivity contribution >= 4 is 11.5 Å². The van der Waals surface area contributed by atoms with Crippen LogP contribution in [0.5, 0.6) is 0 Å². The quantitative estimate of drug-likeness (QED) is 0.672. The van der Waals surface area contributed by atoms with E-state index in [1.807, 2.05) is 24.4 Å². The van der Waals surface area contributed by atoms with Gasteiger partial charge in [-0.25, -0.2) is 0 Å². The molecule has 5 nitrogen and oxygen atoms in total. The fourth-order valence-electron chi connectivity index (χ4n) is 3.89. The van der Waals surface area contributed by atoms with Crippen molar-refractivity contribution in [1.29, 1.82) is 5.26 Å². The van der Waals surface area contributed by atoms with Gasteiger partial charge in [0, 0.05) is 22.5 Å². The van der Waals surface area contributed by atoms with Crippen LogP contribution in [0.25, 0.3) is 0 Å². The van der Waals surface area contributed by atoms with Crippen molar-refractivity contribution in [1.82, 2.24) is 9.78 Å². The van der Waals surface area contributed by atoms with E-state index in [-0.39, 0.29) is 11.8 Å². The van der Waals surface area contributed by atoms with Crippen LogP contribution in [-0.2, 0) is 13.0 Å². The van der Waals surface area contributed by atoms with E-state index >= 15 is 0 Å². The van der Waals surface area contributed by atoms with Crippen molar-refractivity contribution in [2.45, 2.75) is 38.8 Å². The second-order valence-electron chi connectivity index (χ2n) is 7.21. The average molecular weight is 370 g/mol. The molecule has 140 valence electrons. The minimum atomic E-state index is -0.0113. The fourth-order valence-corrected chi connectivity index (χ4v) is 3.89. The van der Waals surface area contributed by atoms with Gasteiger partial charge in [0.1, 0.15) is 0 Å². The van der Waals surface area contributed by atoms with Crippen molar-refractivity contribution in [3.63, 3.8) is 0 Å². The molecule has 3 aromatic rings. The highest BCUT2D eigenvalue weighted by Gasteiger charge is 2.25. The standard InChI is InChI=1S/C23H22N4O/c1-16(28)19-11-10-18(13-24)12-22(19)26-21-8-5-9-23-20(21)14-25-27(23)15-17-6-3-2-4-7-17/h2-4,6-7,10-12,14,21,26H,5,8-9,15H2,1H3. The van der Waals surface area contributed by atoms with Crippen LogP contribution < -0.4 is 5.32 Å². The zero-order valence-electron chi connectivity index (χ0n) is 15.9. The van der Waals surface area contributed by atoms with E-state index in [9.17, 15) is 10.1 Å². The second kappa shape index (κ2) is 7.69. The average Bonchev–Trinajstić information content (AvgIpc) is 3.12. The van der Waals surface area contributed by atoms with Crippen molar-refractivity contribution in [2.75, 3.05) is 5.32 Å². The Balaban J connectivity index is 1.63. The molecule has 0 saturated heterocycles. The van der Waals surface area contributed by atoms with Crippen LogP contribution in [0.1, 0.15) is 58.5 Å². The molecule has 5 heteroatoms. The molecule has 4 rings (SSSR count). The molecule has 1 unspecified atom stereocenters. The number of nitriles is 1. The maximum Gasteiger partial charge on any atom is 0.161 e. The van der Waals surface area contributed by atoms with E-state index in [1.54, 1.807) is 25.1 Å². The lowest BCUT2D eigenvalue weighted by atomic mass is 9.92. The van der Waals surface area contributed by atoms with Gasteiger partial charge in [0.05, 0.1) is 30.4 Å². The molecule has 0 fully saturated rings. The number of rotatable bonds is 5. The first kappa shape index (κ1) is 18.0. The van der Waals surface area contributed by atoms with Crippen molar-refractivity contribution in [2.24, 2.45) is 0 Å². The predicted molar refractivity (Wildman–Crippen MR) is 108 cm³/mol. The number of anilines is 1. The number of fused-ring (bicyclic) bond motifs is 1. The first-order chi connectivity index (χ1) is 13.7. The van der Waals surface area contributed by atoms with Crippen molar-refractivity contribution in [3.05, 3.63) is 82.7 Å². The Morgan fingerprint density at radius 2 is 2.11 bits per heavy atom. The zero-order chi connectivity index (χ0) is 19.5. The fraction of sp³-hybridized carbons (Fsp3) is 0.261. The maximum atomic E-state index is 12.0. The van der Waals surface area contributed by atoms with Gasteiger partial charge in [-0.05, 0) is 49.9 Å². The molecule has 0 spiro atoms. The lowest BCUT2D eigenvalue weighted by Gasteiger charge is -2.26. The molecule has 0 radical (unpaired) electrons. The molecule has 1 N–H and O–H groups in total. The van der Waals surface area contributed by atoms with Gasteiger partial charge in [0.25, 0.3) is 0 Å². The van der Waals surface area contributed by atoms with Gasteiger partial charge >= 0.3 is 0 Å². The first-order valence-corrected chi connectivity index (χ1v) is 9.56. The smallest absolute Gasteiger partial charge is 0.161 e. The van der Waals surface area contributed by atoms with Crippen molar-refractivity contribution < 1.29 is 4.79 Å². The number of benzene rings is 2. The number of nitrogens with zero attached hydrogens (tertiary/aromatic N) is 3. The van der Waals surface area contributed by atoms with Crippen molar-refractivity contribution in [3.8, 4) is 6.07 Å². The summed E-state index contributed by atoms with van der Waals surface area (Å²) in [5.41, 5.74) is 5.53. The number of hydrogen-bond donors (Lipinski definition) is 1. The van der Waals surface area contributed by atoms with E-state index in [2.05, 4.69) is 33.3 Å². The summed E-state index contributed by atoms with van der Waals surface area (Å²) in [5, 5.41) is 17.4. The van der Waals surface area contributed by atoms with Gasteiger partial charge in [0.15, 0.2) is 5.78 Å². The Labute approximate surface area is 164 Å². The van der Waals surface area contributed by atoms with E-state index in [1.165, 1.54) is 16.8 Å². The minimum Gasteiger partial charge on any atom is -0.377 e. The first-order valence-electron chi connectivity index (χ1n) is 9.56. The lowest BCUT2D eigenvalue weighted by Crippen LogP contribution is -2.19. The summed E-state index contributed by atoms with van der Waals surface area (Å²) < 4.78 is 2.08. The van der Waals surface area contributed by atoms with Gasteiger partial charge in [0.2, 0.25) is 0 Å². The second-order valence-corrected chi connectivity index (χ2v) is 7.21. The number of ketones is 1. The molecule has 0 amide bonds. The van der Waals surface area contributed by atoms with Gasteiger partial charge in [-0.2, -0.15) is 10.4 Å². The normalized spacial score (nSPS) is 15.5. The molecular weight excluding hydrogens is 348 g/mol. The van der Waals surface area contributed by atoms with Crippen LogP contribution in [0.2, 0.25) is 0 Å². The Hall–Kier alpha value is -3.39. The third-order valence-corrected chi connectivity index (χ3v) is 5.30. The summed E-state index contributed by atoms with van der Waals surface area (Å²) in [6.45, 7) is 2.31. The number of aromatic nitrogens is 2. The summed E-state index contributed by atoms with van der Waals surface area (Å²) >= 11 is 0. The summed E-state index contributed by atoms with van der Waals surface area (Å²) in [6, 6.07) is 17.7. The third kappa shape index (κ3) is 3.54. The predicted octanol–water partition coefficient (Wildman–Crippen LogP) is 4.50. The van der Waals surface area contributed by atoms with E-state index < -0.39 is 0 Å². The summed E-state index contributed by atoms with van der Waals surface area (Å²) in [7, 11) is 0. The largest absolute Gasteiger partial charge is 0.377 e. The van der Waals surface area contributed by atoms with Crippen LogP contribution in [0.15, 0.2) is 54.7 Å². The summed E-state index contributed by atoms with van der Waals surface area (Å²) in [5.74, 6) is -0.0113. The molecule has 1 aromatic heterocycles. The van der Waals surface area contributed by atoms with Gasteiger partial charge < -0.3 is 5.32 Å². The summed E-state index contributed by atoms with van der Waals surface area (Å²) in [6.07, 6.45) is 4.96. The number of carbonyl (C=O) groups is 1. The molecule has 1 heterocycles. The van der Waals surface area contributed by atoms with Crippen LogP contribution in [0, 0.1) is 11.3 Å². The van der Waals surface area contributed by atoms with Crippen LogP contribution in [-0.4, -0.2) is 15.6 Å². The molecule has 28 heavy (non-hydrogen) atoms. The molecule has 0 saturated carbocycles. The Morgan fingerprint density at radius 3 is 2.86 bits per heavy atom. The molecule has 0 bridgehead atoms. The highest BCUT2D eigenvalue weighted by molar-refractivity contribution is 5.99. The number of carbonyl (C=O) groups excluding carboxylic acids is 1. The summed E-state index contributed by atoms with van der Waals surface area (Å²) in [4.78, 5) is 12.0. The van der Waals surface area contributed by atoms with E-state index in [0.29, 0.717) is 11.1 Å². The molecule has 1 atom stereocenters. The highest BCUT2D eigenvalue weighted by atomic mass is 16.1. The van der Waals surface area contributed by atoms with Crippen LogP contribution in [0.4, 0.5) is 5.69 Å². The topological polar surface area (TPSA) is 70.7 Å². The number of nitrogens with one attached hydrogen (secondary N) is 1. The highest BCUT2D eigenvalue weighted by Crippen LogP contribution is 2.34. The third-order valence-electron chi connectivity index (χ3n) is 5.30. The van der Waals surface area contributed by atoms with Crippen LogP contribution in [0.3, 0.4) is 0 Å². The Kier molecular flexibility index (Phi) is 4.94. The monoisotopic (exact) mass is 370 g/mol. The Morgan fingerprint density at radius 1 is 1.29 bits per heavy atom. The minimum absolute atomic E-state index is 0.0113. The molecule has 1 aliphatic rings.